The highest BCUT2D eigenvalue weighted by atomic mass is 79.9. The maximum atomic E-state index is 6.46. The molecule has 3 rings (SSSR count). The first-order valence-electron chi connectivity index (χ1n) is 9.23. The second-order valence-electron chi connectivity index (χ2n) is 6.16. The minimum Gasteiger partial charge on any atom is -0.496 e. The van der Waals surface area contributed by atoms with Crippen molar-refractivity contribution in [1.82, 2.24) is 10.1 Å². The van der Waals surface area contributed by atoms with Crippen molar-refractivity contribution in [2.75, 3.05) is 24.4 Å². The zero-order valence-electron chi connectivity index (χ0n) is 16.1. The van der Waals surface area contributed by atoms with Gasteiger partial charge in [-0.25, -0.2) is 0 Å². The number of rotatable bonds is 8. The number of ether oxygens (including phenoxy) is 3. The summed E-state index contributed by atoms with van der Waals surface area (Å²) in [5, 5.41) is 5.64. The summed E-state index contributed by atoms with van der Waals surface area (Å²) in [7, 11) is 1.62. The second kappa shape index (κ2) is 13.7. The maximum absolute atomic E-state index is 6.46. The van der Waals surface area contributed by atoms with E-state index in [-0.39, 0.29) is 11.6 Å². The summed E-state index contributed by atoms with van der Waals surface area (Å²) in [5.41, 5.74) is 1.54. The third-order valence-electron chi connectivity index (χ3n) is 4.17. The molecule has 0 bridgehead atoms. The van der Waals surface area contributed by atoms with E-state index in [9.17, 15) is 0 Å². The van der Waals surface area contributed by atoms with Crippen LogP contribution >= 0.6 is 50.7 Å². The number of nitrogens with zero attached hydrogens (tertiary/aromatic N) is 2. The molecule has 1 atom stereocenters. The van der Waals surface area contributed by atoms with Gasteiger partial charge in [0.05, 0.1) is 24.1 Å². The zero-order valence-corrected chi connectivity index (χ0v) is 20.0. The molecule has 1 aromatic heterocycles. The van der Waals surface area contributed by atoms with E-state index in [0.717, 1.165) is 49.6 Å². The van der Waals surface area contributed by atoms with Crippen LogP contribution in [0.4, 0.5) is 0 Å². The van der Waals surface area contributed by atoms with Gasteiger partial charge in [0.2, 0.25) is 11.7 Å². The van der Waals surface area contributed by atoms with Crippen molar-refractivity contribution in [2.24, 2.45) is 0 Å². The summed E-state index contributed by atoms with van der Waals surface area (Å²) in [6.07, 6.45) is 4.61. The molecular formula is C19H24BrCl3N2O4. The Morgan fingerprint density at radius 3 is 2.72 bits per heavy atom. The van der Waals surface area contributed by atoms with Crippen molar-refractivity contribution in [3.8, 4) is 17.1 Å². The van der Waals surface area contributed by atoms with Crippen molar-refractivity contribution in [2.45, 2.75) is 45.0 Å². The van der Waals surface area contributed by atoms with E-state index in [1.165, 1.54) is 0 Å². The number of hydrogen-bond acceptors (Lipinski definition) is 6. The summed E-state index contributed by atoms with van der Waals surface area (Å²) in [4.78, 5) is 4.41. The number of alkyl halides is 3. The predicted octanol–water partition coefficient (Wildman–Crippen LogP) is 6.19. The molecule has 0 amide bonds. The van der Waals surface area contributed by atoms with Crippen LogP contribution in [-0.4, -0.2) is 40.8 Å². The maximum Gasteiger partial charge on any atom is 0.226 e. The highest BCUT2D eigenvalue weighted by Gasteiger charge is 2.18. The lowest BCUT2D eigenvalue weighted by Gasteiger charge is -2.23. The Labute approximate surface area is 194 Å². The van der Waals surface area contributed by atoms with Crippen molar-refractivity contribution in [1.29, 1.82) is 0 Å². The van der Waals surface area contributed by atoms with Crippen LogP contribution < -0.4 is 4.74 Å². The van der Waals surface area contributed by atoms with Gasteiger partial charge in [-0.3, -0.25) is 0 Å². The van der Waals surface area contributed by atoms with Crippen LogP contribution in [-0.2, 0) is 22.5 Å². The Balaban J connectivity index is 0.000000941. The summed E-state index contributed by atoms with van der Waals surface area (Å²) in [6, 6.07) is 3.65. The van der Waals surface area contributed by atoms with Crippen molar-refractivity contribution < 1.29 is 18.7 Å². The summed E-state index contributed by atoms with van der Waals surface area (Å²) in [5.74, 6) is 1.73. The molecule has 0 saturated carbocycles. The van der Waals surface area contributed by atoms with Gasteiger partial charge in [-0.1, -0.05) is 32.7 Å². The molecule has 1 aromatic carbocycles. The quantitative estimate of drug-likeness (QED) is 0.379. The minimum atomic E-state index is -0.166. The van der Waals surface area contributed by atoms with Crippen molar-refractivity contribution >= 4 is 50.7 Å². The molecule has 0 spiro atoms. The van der Waals surface area contributed by atoms with E-state index in [0.29, 0.717) is 34.7 Å². The first kappa shape index (κ1) is 24.7. The Morgan fingerprint density at radius 2 is 2.07 bits per heavy atom. The highest BCUT2D eigenvalue weighted by Crippen LogP contribution is 2.34. The standard InChI is InChI=1S/C18H22BrClN2O4.CH2Cl2/c1-23-15-10-13(18-21-16(26-22-18)5-4-7-19)14(20)9-12(15)11-25-17-6-2-3-8-24-17;2-1-3/h9-10,17H,2-8,11H2,1H3;1H2. The van der Waals surface area contributed by atoms with Gasteiger partial charge >= 0.3 is 0 Å². The van der Waals surface area contributed by atoms with Gasteiger partial charge < -0.3 is 18.7 Å². The first-order chi connectivity index (χ1) is 14.1. The molecule has 1 saturated heterocycles. The van der Waals surface area contributed by atoms with Crippen molar-refractivity contribution in [3.05, 3.63) is 28.6 Å². The largest absolute Gasteiger partial charge is 0.496 e. The fourth-order valence-electron chi connectivity index (χ4n) is 2.78. The predicted molar refractivity (Wildman–Crippen MR) is 118 cm³/mol. The molecule has 1 aliphatic heterocycles. The monoisotopic (exact) mass is 528 g/mol. The van der Waals surface area contributed by atoms with E-state index in [1.54, 1.807) is 7.11 Å². The molecule has 2 heterocycles. The van der Waals surface area contributed by atoms with Gasteiger partial charge in [-0.05, 0) is 37.8 Å². The van der Waals surface area contributed by atoms with Gasteiger partial charge in [0, 0.05) is 29.5 Å². The number of aryl methyl sites for hydroxylation is 1. The Kier molecular flexibility index (Phi) is 11.6. The van der Waals surface area contributed by atoms with Gasteiger partial charge in [-0.15, -0.1) is 23.2 Å². The molecule has 0 radical (unpaired) electrons. The number of aromatic nitrogens is 2. The zero-order chi connectivity index (χ0) is 21.1. The van der Waals surface area contributed by atoms with Crippen LogP contribution in [0.1, 0.15) is 37.1 Å². The fourth-order valence-corrected chi connectivity index (χ4v) is 3.33. The average Bonchev–Trinajstić information content (AvgIpc) is 3.21. The average molecular weight is 531 g/mol. The lowest BCUT2D eigenvalue weighted by Crippen LogP contribution is -2.22. The molecule has 1 unspecified atom stereocenters. The normalized spacial score (nSPS) is 16.2. The second-order valence-corrected chi connectivity index (χ2v) is 8.16. The molecule has 10 heteroatoms. The molecule has 162 valence electrons. The van der Waals surface area contributed by atoms with Crippen LogP contribution in [0.25, 0.3) is 11.4 Å². The number of halogens is 4. The van der Waals surface area contributed by atoms with Crippen LogP contribution in [0.3, 0.4) is 0 Å². The highest BCUT2D eigenvalue weighted by molar-refractivity contribution is 9.09. The topological polar surface area (TPSA) is 66.6 Å². The number of methoxy groups -OCH3 is 1. The smallest absolute Gasteiger partial charge is 0.226 e. The van der Waals surface area contributed by atoms with Crippen LogP contribution in [0.15, 0.2) is 16.7 Å². The van der Waals surface area contributed by atoms with E-state index in [1.807, 2.05) is 12.1 Å². The molecule has 1 fully saturated rings. The van der Waals surface area contributed by atoms with Crippen LogP contribution in [0, 0.1) is 0 Å². The Bertz CT molecular complexity index is 742. The minimum absolute atomic E-state index is 0.166. The molecule has 0 N–H and O–H groups in total. The third kappa shape index (κ3) is 7.89. The van der Waals surface area contributed by atoms with Gasteiger partial charge in [0.15, 0.2) is 6.29 Å². The van der Waals surface area contributed by atoms with Gasteiger partial charge in [0.1, 0.15) is 5.75 Å². The number of hydrogen-bond donors (Lipinski definition) is 0. The fraction of sp³-hybridized carbons (Fsp3) is 0.579. The van der Waals surface area contributed by atoms with Crippen LogP contribution in [0.5, 0.6) is 5.75 Å². The summed E-state index contributed by atoms with van der Waals surface area (Å²) < 4.78 is 22.2. The van der Waals surface area contributed by atoms with Crippen molar-refractivity contribution in [3.63, 3.8) is 0 Å². The van der Waals surface area contributed by atoms with E-state index in [2.05, 4.69) is 26.1 Å². The molecule has 2 aromatic rings. The van der Waals surface area contributed by atoms with E-state index in [4.69, 9.17) is 53.5 Å². The first-order valence-corrected chi connectivity index (χ1v) is 11.8. The summed E-state index contributed by atoms with van der Waals surface area (Å²) >= 11 is 19.4. The van der Waals surface area contributed by atoms with E-state index >= 15 is 0 Å². The Hall–Kier alpha value is -0.570. The van der Waals surface area contributed by atoms with Gasteiger partial charge in [0.25, 0.3) is 0 Å². The molecule has 1 aliphatic rings. The summed E-state index contributed by atoms with van der Waals surface area (Å²) in [6.45, 7) is 1.12. The number of benzene rings is 1. The third-order valence-corrected chi connectivity index (χ3v) is 5.04. The van der Waals surface area contributed by atoms with E-state index < -0.39 is 0 Å². The van der Waals surface area contributed by atoms with Gasteiger partial charge in [-0.2, -0.15) is 4.98 Å². The molecular weight excluding hydrogens is 506 g/mol. The lowest BCUT2D eigenvalue weighted by atomic mass is 10.1. The Morgan fingerprint density at radius 1 is 1.28 bits per heavy atom. The molecule has 0 aliphatic carbocycles. The molecule has 29 heavy (non-hydrogen) atoms. The SMILES string of the molecule is COc1cc(-c2noc(CCCBr)n2)c(Cl)cc1COC1CCCCO1.ClCCl. The molecule has 6 nitrogen and oxygen atoms in total. The van der Waals surface area contributed by atoms with Crippen LogP contribution in [0.2, 0.25) is 5.02 Å². The lowest BCUT2D eigenvalue weighted by molar-refractivity contribution is -0.169.